The van der Waals surface area contributed by atoms with E-state index in [1.165, 1.54) is 38.8 Å². The molecule has 2 nitrogen and oxygen atoms in total. The Morgan fingerprint density at radius 3 is 2.29 bits per heavy atom. The second-order valence-electron chi connectivity index (χ2n) is 4.31. The summed E-state index contributed by atoms with van der Waals surface area (Å²) in [6.07, 6.45) is 7.53. The van der Waals surface area contributed by atoms with Gasteiger partial charge in [0.1, 0.15) is 0 Å². The van der Waals surface area contributed by atoms with E-state index in [9.17, 15) is 0 Å². The Bertz CT molecular complexity index is 163. The summed E-state index contributed by atoms with van der Waals surface area (Å²) in [5.41, 5.74) is 0. The van der Waals surface area contributed by atoms with E-state index in [0.717, 1.165) is 24.5 Å². The number of hydrogen-bond acceptors (Lipinski definition) is 3. The van der Waals surface area contributed by atoms with Gasteiger partial charge < -0.3 is 9.64 Å². The van der Waals surface area contributed by atoms with Crippen LogP contribution in [0.25, 0.3) is 0 Å². The van der Waals surface area contributed by atoms with Gasteiger partial charge in [0.15, 0.2) is 0 Å². The van der Waals surface area contributed by atoms with E-state index < -0.39 is 0 Å². The van der Waals surface area contributed by atoms with Gasteiger partial charge in [-0.05, 0) is 45.0 Å². The molecular formula is C11H21NOS. The van der Waals surface area contributed by atoms with Gasteiger partial charge in [0.2, 0.25) is 0 Å². The van der Waals surface area contributed by atoms with Crippen LogP contribution in [0.1, 0.15) is 25.7 Å². The van der Waals surface area contributed by atoms with Crippen LogP contribution in [0.2, 0.25) is 0 Å². The highest BCUT2D eigenvalue weighted by Crippen LogP contribution is 2.24. The number of likely N-dealkylation sites (tertiary alicyclic amines) is 1. The summed E-state index contributed by atoms with van der Waals surface area (Å²) < 4.78 is 5.40. The molecule has 2 rings (SSSR count). The van der Waals surface area contributed by atoms with Crippen molar-refractivity contribution in [3.8, 4) is 0 Å². The third kappa shape index (κ3) is 2.65. The highest BCUT2D eigenvalue weighted by molar-refractivity contribution is 7.99. The molecule has 0 amide bonds. The molecule has 0 radical (unpaired) electrons. The number of piperidine rings is 1. The fraction of sp³-hybridized carbons (Fsp3) is 1.00. The lowest BCUT2D eigenvalue weighted by Gasteiger charge is -2.38. The van der Waals surface area contributed by atoms with Crippen LogP contribution in [0.5, 0.6) is 0 Å². The smallest absolute Gasteiger partial charge is 0.0480 e. The second kappa shape index (κ2) is 5.38. The molecule has 2 aliphatic rings. The van der Waals surface area contributed by atoms with Gasteiger partial charge in [0, 0.05) is 24.5 Å². The first kappa shape index (κ1) is 10.8. The van der Waals surface area contributed by atoms with Crippen LogP contribution in [0.4, 0.5) is 0 Å². The zero-order valence-corrected chi connectivity index (χ0v) is 9.89. The maximum Gasteiger partial charge on any atom is 0.0480 e. The summed E-state index contributed by atoms with van der Waals surface area (Å²) in [6.45, 7) is 4.59. The molecule has 0 aromatic carbocycles. The zero-order valence-electron chi connectivity index (χ0n) is 9.08. The van der Waals surface area contributed by atoms with Gasteiger partial charge in [-0.2, -0.15) is 11.8 Å². The highest BCUT2D eigenvalue weighted by atomic mass is 32.2. The molecule has 0 saturated carbocycles. The average Bonchev–Trinajstić information content (AvgIpc) is 2.30. The molecule has 0 aromatic rings. The van der Waals surface area contributed by atoms with Gasteiger partial charge in [0.05, 0.1) is 0 Å². The summed E-state index contributed by atoms with van der Waals surface area (Å²) in [6, 6.07) is 0.826. The third-order valence-corrected chi connectivity index (χ3v) is 4.66. The first-order valence-electron chi connectivity index (χ1n) is 5.74. The first-order valence-corrected chi connectivity index (χ1v) is 7.03. The van der Waals surface area contributed by atoms with Crippen molar-refractivity contribution in [1.29, 1.82) is 0 Å². The van der Waals surface area contributed by atoms with Crippen LogP contribution in [-0.4, -0.2) is 48.8 Å². The quantitative estimate of drug-likeness (QED) is 0.699. The van der Waals surface area contributed by atoms with Crippen molar-refractivity contribution in [3.05, 3.63) is 0 Å². The van der Waals surface area contributed by atoms with Crippen molar-refractivity contribution in [2.45, 2.75) is 37.0 Å². The van der Waals surface area contributed by atoms with Crippen LogP contribution in [-0.2, 0) is 4.74 Å². The molecule has 2 saturated heterocycles. The van der Waals surface area contributed by atoms with Crippen molar-refractivity contribution < 1.29 is 4.74 Å². The van der Waals surface area contributed by atoms with E-state index in [-0.39, 0.29) is 0 Å². The van der Waals surface area contributed by atoms with Crippen molar-refractivity contribution >= 4 is 11.8 Å². The molecule has 2 heterocycles. The van der Waals surface area contributed by atoms with Crippen LogP contribution in [0.15, 0.2) is 0 Å². The molecule has 2 aliphatic heterocycles. The van der Waals surface area contributed by atoms with Crippen LogP contribution in [0, 0.1) is 0 Å². The van der Waals surface area contributed by atoms with E-state index in [1.54, 1.807) is 0 Å². The molecule has 2 fully saturated rings. The van der Waals surface area contributed by atoms with E-state index in [4.69, 9.17) is 4.74 Å². The fourth-order valence-electron chi connectivity index (χ4n) is 2.53. The summed E-state index contributed by atoms with van der Waals surface area (Å²) in [5.74, 6) is 0. The molecule has 0 atom stereocenters. The minimum atomic E-state index is 0.826. The lowest BCUT2D eigenvalue weighted by atomic mass is 10.0. The summed E-state index contributed by atoms with van der Waals surface area (Å²) >= 11 is 2.04. The minimum Gasteiger partial charge on any atom is -0.381 e. The Balaban J connectivity index is 1.76. The lowest BCUT2D eigenvalue weighted by Crippen LogP contribution is -2.44. The Morgan fingerprint density at radius 1 is 1.07 bits per heavy atom. The Kier molecular flexibility index (Phi) is 4.14. The van der Waals surface area contributed by atoms with Crippen LogP contribution < -0.4 is 0 Å². The zero-order chi connectivity index (χ0) is 9.80. The molecular weight excluding hydrogens is 194 g/mol. The topological polar surface area (TPSA) is 12.5 Å². The summed E-state index contributed by atoms with van der Waals surface area (Å²) in [7, 11) is 0. The SMILES string of the molecule is CSC1CCN(C2CCOCC2)CC1. The van der Waals surface area contributed by atoms with Gasteiger partial charge in [0.25, 0.3) is 0 Å². The average molecular weight is 215 g/mol. The summed E-state index contributed by atoms with van der Waals surface area (Å²) in [5, 5.41) is 0.922. The third-order valence-electron chi connectivity index (χ3n) is 3.52. The molecule has 0 aromatic heterocycles. The molecule has 0 aliphatic carbocycles. The predicted molar refractivity (Wildman–Crippen MR) is 62.0 cm³/mol. The largest absolute Gasteiger partial charge is 0.381 e. The van der Waals surface area contributed by atoms with E-state index in [0.29, 0.717) is 0 Å². The predicted octanol–water partition coefficient (Wildman–Crippen LogP) is 1.99. The van der Waals surface area contributed by atoms with E-state index >= 15 is 0 Å². The molecule has 0 bridgehead atoms. The summed E-state index contributed by atoms with van der Waals surface area (Å²) in [4.78, 5) is 2.69. The number of nitrogens with zero attached hydrogens (tertiary/aromatic N) is 1. The number of rotatable bonds is 2. The Morgan fingerprint density at radius 2 is 1.71 bits per heavy atom. The van der Waals surface area contributed by atoms with Crippen molar-refractivity contribution in [2.75, 3.05) is 32.6 Å². The van der Waals surface area contributed by atoms with E-state index in [2.05, 4.69) is 11.2 Å². The van der Waals surface area contributed by atoms with Gasteiger partial charge in [-0.1, -0.05) is 0 Å². The highest BCUT2D eigenvalue weighted by Gasteiger charge is 2.25. The lowest BCUT2D eigenvalue weighted by molar-refractivity contribution is 0.0280. The van der Waals surface area contributed by atoms with Gasteiger partial charge in [-0.15, -0.1) is 0 Å². The second-order valence-corrected chi connectivity index (χ2v) is 5.45. The molecule has 3 heteroatoms. The normalized spacial score (nSPS) is 28.1. The van der Waals surface area contributed by atoms with Crippen LogP contribution in [0.3, 0.4) is 0 Å². The van der Waals surface area contributed by atoms with Gasteiger partial charge in [-0.25, -0.2) is 0 Å². The van der Waals surface area contributed by atoms with Crippen molar-refractivity contribution in [3.63, 3.8) is 0 Å². The van der Waals surface area contributed by atoms with Crippen molar-refractivity contribution in [2.24, 2.45) is 0 Å². The van der Waals surface area contributed by atoms with E-state index in [1.807, 2.05) is 11.8 Å². The Hall–Kier alpha value is 0.270. The number of thioether (sulfide) groups is 1. The van der Waals surface area contributed by atoms with Crippen molar-refractivity contribution in [1.82, 2.24) is 4.90 Å². The monoisotopic (exact) mass is 215 g/mol. The number of hydrogen-bond donors (Lipinski definition) is 0. The van der Waals surface area contributed by atoms with Gasteiger partial charge >= 0.3 is 0 Å². The minimum absolute atomic E-state index is 0.826. The fourth-order valence-corrected chi connectivity index (χ4v) is 3.21. The molecule has 82 valence electrons. The number of ether oxygens (including phenoxy) is 1. The standard InChI is InChI=1S/C11H21NOS/c1-14-11-2-6-12(7-3-11)10-4-8-13-9-5-10/h10-11H,2-9H2,1H3. The maximum atomic E-state index is 5.40. The molecule has 14 heavy (non-hydrogen) atoms. The van der Waals surface area contributed by atoms with Gasteiger partial charge in [-0.3, -0.25) is 0 Å². The van der Waals surface area contributed by atoms with Crippen LogP contribution >= 0.6 is 11.8 Å². The maximum absolute atomic E-state index is 5.40. The first-order chi connectivity index (χ1) is 6.90. The molecule has 0 unspecified atom stereocenters. The Labute approximate surface area is 91.4 Å². The molecule has 0 N–H and O–H groups in total. The molecule has 0 spiro atoms.